The van der Waals surface area contributed by atoms with Gasteiger partial charge in [0.05, 0.1) is 16.7 Å². The minimum Gasteiger partial charge on any atom is -0.478 e. The summed E-state index contributed by atoms with van der Waals surface area (Å²) in [7, 11) is -3.64. The van der Waals surface area contributed by atoms with Crippen LogP contribution in [-0.2, 0) is 24.3 Å². The van der Waals surface area contributed by atoms with Crippen LogP contribution in [0.25, 0.3) is 0 Å². The van der Waals surface area contributed by atoms with Crippen molar-refractivity contribution in [2.24, 2.45) is 16.8 Å². The number of allylic oxidation sites excluding steroid dienone is 1. The van der Waals surface area contributed by atoms with Gasteiger partial charge >= 0.3 is 11.9 Å². The third-order valence-electron chi connectivity index (χ3n) is 7.68. The summed E-state index contributed by atoms with van der Waals surface area (Å²) < 4.78 is 47.4. The molecule has 42 heavy (non-hydrogen) atoms. The number of rotatable bonds is 7. The van der Waals surface area contributed by atoms with Crippen molar-refractivity contribution in [2.75, 3.05) is 13.1 Å². The molecule has 1 aliphatic carbocycles. The maximum absolute atomic E-state index is 13.8. The Morgan fingerprint density at radius 3 is 2.48 bits per heavy atom. The molecule has 2 fully saturated rings. The molecule has 0 spiro atoms. The molecule has 0 amide bonds. The van der Waals surface area contributed by atoms with E-state index in [1.807, 2.05) is 0 Å². The first-order valence-corrected chi connectivity index (χ1v) is 16.4. The summed E-state index contributed by atoms with van der Waals surface area (Å²) in [4.78, 5) is 33.9. The molecule has 5 rings (SSSR count). The number of aliphatic carboxylic acids is 1. The number of hydrogen-bond donors (Lipinski definition) is 2. The molecule has 226 valence electrons. The average molecular weight is 639 g/mol. The van der Waals surface area contributed by atoms with Crippen molar-refractivity contribution in [3.8, 4) is 0 Å². The van der Waals surface area contributed by atoms with Crippen LogP contribution in [0.3, 0.4) is 0 Å². The molecule has 0 radical (unpaired) electrons. The number of aromatic nitrogens is 1. The van der Waals surface area contributed by atoms with Gasteiger partial charge in [-0.3, -0.25) is 9.79 Å². The number of aliphatic imine (C=N–C) groups is 1. The van der Waals surface area contributed by atoms with Crippen molar-refractivity contribution in [1.82, 2.24) is 14.6 Å². The van der Waals surface area contributed by atoms with Gasteiger partial charge in [-0.25, -0.2) is 26.9 Å². The van der Waals surface area contributed by atoms with Crippen LogP contribution in [0.4, 0.5) is 4.39 Å². The standard InChI is InChI=1S/C28H32ClFN4O6S2/c1-28(2,3)40-27(37)16-12-18(13-16)42(38,39)34-9-6-15(7-10-34)22-21(26(35)36)23(19-5-4-17(30)14-20(19)29)33-24(32-22)25-31-8-11-41-25/h4-5,8,11,14-16,18,23H,6-7,9-10,12-13H2,1-3H3,(H,32,33)(H,35,36). The minimum atomic E-state index is -3.64. The van der Waals surface area contributed by atoms with Crippen molar-refractivity contribution in [1.29, 1.82) is 0 Å². The summed E-state index contributed by atoms with van der Waals surface area (Å²) >= 11 is 7.68. The quantitative estimate of drug-likeness (QED) is 0.422. The largest absolute Gasteiger partial charge is 0.478 e. The predicted octanol–water partition coefficient (Wildman–Crippen LogP) is 4.53. The summed E-state index contributed by atoms with van der Waals surface area (Å²) in [5.74, 6) is -2.52. The zero-order valence-corrected chi connectivity index (χ0v) is 25.7. The van der Waals surface area contributed by atoms with Crippen molar-refractivity contribution < 1.29 is 32.2 Å². The van der Waals surface area contributed by atoms with Gasteiger partial charge in [0.1, 0.15) is 17.5 Å². The van der Waals surface area contributed by atoms with Gasteiger partial charge in [-0.15, -0.1) is 11.3 Å². The number of ether oxygens (including phenoxy) is 1. The number of esters is 1. The van der Waals surface area contributed by atoms with E-state index in [9.17, 15) is 27.5 Å². The van der Waals surface area contributed by atoms with E-state index in [2.05, 4.69) is 15.3 Å². The smallest absolute Gasteiger partial charge is 0.335 e. The summed E-state index contributed by atoms with van der Waals surface area (Å²) in [6, 6.07) is 2.73. The molecule has 2 N–H and O–H groups in total. The highest BCUT2D eigenvalue weighted by molar-refractivity contribution is 7.89. The Hall–Kier alpha value is -2.87. The zero-order chi connectivity index (χ0) is 30.4. The van der Waals surface area contributed by atoms with E-state index >= 15 is 0 Å². The molecule has 10 nitrogen and oxygen atoms in total. The molecule has 1 atom stereocenters. The minimum absolute atomic E-state index is 0.0238. The predicted molar refractivity (Wildman–Crippen MR) is 156 cm³/mol. The first-order chi connectivity index (χ1) is 19.7. The second-order valence-electron chi connectivity index (χ2n) is 11.7. The number of halogens is 2. The zero-order valence-electron chi connectivity index (χ0n) is 23.3. The number of thiazole rings is 1. The average Bonchev–Trinajstić information content (AvgIpc) is 3.41. The van der Waals surface area contributed by atoms with E-state index in [0.29, 0.717) is 34.9 Å². The Morgan fingerprint density at radius 1 is 1.21 bits per heavy atom. The first kappa shape index (κ1) is 30.6. The molecule has 1 aromatic heterocycles. The topological polar surface area (TPSA) is 138 Å². The van der Waals surface area contributed by atoms with Crippen molar-refractivity contribution in [3.63, 3.8) is 0 Å². The van der Waals surface area contributed by atoms with E-state index < -0.39 is 44.6 Å². The first-order valence-electron chi connectivity index (χ1n) is 13.6. The van der Waals surface area contributed by atoms with Gasteiger partial charge in [0.25, 0.3) is 0 Å². The SMILES string of the molecule is CC(C)(C)OC(=O)C1CC(S(=O)(=O)N2CCC(C3=C(C(=O)O)C(c4ccc(F)cc4Cl)N=C(c4nccs4)N3)CC2)C1. The van der Waals surface area contributed by atoms with E-state index in [1.165, 1.54) is 27.8 Å². The number of carbonyl (C=O) groups is 2. The maximum Gasteiger partial charge on any atom is 0.335 e. The van der Waals surface area contributed by atoms with Crippen LogP contribution in [0.1, 0.15) is 63.1 Å². The Labute approximate surface area is 252 Å². The highest BCUT2D eigenvalue weighted by atomic mass is 35.5. The van der Waals surface area contributed by atoms with Gasteiger partial charge < -0.3 is 15.2 Å². The van der Waals surface area contributed by atoms with Crippen LogP contribution in [0.5, 0.6) is 0 Å². The Bertz CT molecular complexity index is 1540. The highest BCUT2D eigenvalue weighted by Gasteiger charge is 2.47. The third kappa shape index (κ3) is 6.24. The number of carboxylic acids is 1. The van der Waals surface area contributed by atoms with Gasteiger partial charge in [-0.05, 0) is 58.6 Å². The Balaban J connectivity index is 1.35. The molecule has 3 heterocycles. The molecule has 0 bridgehead atoms. The molecule has 1 saturated carbocycles. The number of nitrogens with one attached hydrogen (secondary N) is 1. The molecule has 2 aliphatic heterocycles. The number of carbonyl (C=O) groups excluding carboxylic acids is 1. The van der Waals surface area contributed by atoms with Crippen LogP contribution in [0, 0.1) is 17.7 Å². The fourth-order valence-corrected chi connectivity index (χ4v) is 8.47. The fourth-order valence-electron chi connectivity index (χ4n) is 5.52. The van der Waals surface area contributed by atoms with E-state index in [-0.39, 0.29) is 48.4 Å². The van der Waals surface area contributed by atoms with E-state index in [1.54, 1.807) is 32.3 Å². The summed E-state index contributed by atoms with van der Waals surface area (Å²) in [5, 5.41) is 15.2. The van der Waals surface area contributed by atoms with Gasteiger partial charge in [0, 0.05) is 46.9 Å². The van der Waals surface area contributed by atoms with Crippen molar-refractivity contribution in [3.05, 3.63) is 62.5 Å². The van der Waals surface area contributed by atoms with Crippen LogP contribution in [0.15, 0.2) is 46.0 Å². The summed E-state index contributed by atoms with van der Waals surface area (Å²) in [6.45, 7) is 5.72. The monoisotopic (exact) mass is 638 g/mol. The van der Waals surface area contributed by atoms with Crippen molar-refractivity contribution in [2.45, 2.75) is 63.3 Å². The lowest BCUT2D eigenvalue weighted by molar-refractivity contribution is -0.162. The maximum atomic E-state index is 13.8. The number of sulfonamides is 1. The van der Waals surface area contributed by atoms with Crippen LogP contribution < -0.4 is 5.32 Å². The van der Waals surface area contributed by atoms with Gasteiger partial charge in [0.2, 0.25) is 10.0 Å². The van der Waals surface area contributed by atoms with E-state index in [0.717, 1.165) is 6.07 Å². The normalized spacial score (nSPS) is 24.0. The van der Waals surface area contributed by atoms with Crippen LogP contribution >= 0.6 is 22.9 Å². The molecule has 3 aliphatic rings. The van der Waals surface area contributed by atoms with Crippen molar-refractivity contribution >= 4 is 50.7 Å². The molecular formula is C28H32ClFN4O6S2. The molecule has 1 aromatic carbocycles. The lowest BCUT2D eigenvalue weighted by atomic mass is 9.85. The van der Waals surface area contributed by atoms with Gasteiger partial charge in [-0.2, -0.15) is 0 Å². The molecular weight excluding hydrogens is 607 g/mol. The second-order valence-corrected chi connectivity index (χ2v) is 15.2. The number of hydrogen-bond acceptors (Lipinski definition) is 9. The lowest BCUT2D eigenvalue weighted by Crippen LogP contribution is -2.50. The van der Waals surface area contributed by atoms with E-state index in [4.69, 9.17) is 16.3 Å². The molecule has 1 unspecified atom stereocenters. The summed E-state index contributed by atoms with van der Waals surface area (Å²) in [6.07, 6.45) is 2.80. The van der Waals surface area contributed by atoms with Gasteiger partial charge in [-0.1, -0.05) is 17.7 Å². The number of benzene rings is 1. The fraction of sp³-hybridized carbons (Fsp3) is 0.500. The van der Waals surface area contributed by atoms with Crippen LogP contribution in [0.2, 0.25) is 5.02 Å². The molecule has 1 saturated heterocycles. The highest BCUT2D eigenvalue weighted by Crippen LogP contribution is 2.41. The lowest BCUT2D eigenvalue weighted by Gasteiger charge is -2.40. The number of nitrogens with zero attached hydrogens (tertiary/aromatic N) is 3. The second kappa shape index (κ2) is 11.7. The van der Waals surface area contributed by atoms with Crippen LogP contribution in [-0.4, -0.2) is 64.5 Å². The number of carboxylic acid groups (broad SMARTS) is 1. The number of amidine groups is 1. The Kier molecular flexibility index (Phi) is 8.49. The molecule has 14 heteroatoms. The summed E-state index contributed by atoms with van der Waals surface area (Å²) in [5.41, 5.74) is 0.0984. The molecule has 2 aromatic rings. The van der Waals surface area contributed by atoms with Gasteiger partial charge in [0.15, 0.2) is 10.8 Å². The third-order valence-corrected chi connectivity index (χ3v) is 11.1. The number of piperidine rings is 1. The Morgan fingerprint density at radius 2 is 1.90 bits per heavy atom.